The van der Waals surface area contributed by atoms with E-state index in [4.69, 9.17) is 15.9 Å². The van der Waals surface area contributed by atoms with Gasteiger partial charge >= 0.3 is 6.03 Å². The van der Waals surface area contributed by atoms with Crippen molar-refractivity contribution < 1.29 is 19.0 Å². The first-order chi connectivity index (χ1) is 16.8. The zero-order valence-corrected chi connectivity index (χ0v) is 19.3. The van der Waals surface area contributed by atoms with Crippen LogP contribution in [0.4, 0.5) is 14.9 Å². The highest BCUT2D eigenvalue weighted by Crippen LogP contribution is 2.32. The van der Waals surface area contributed by atoms with Crippen molar-refractivity contribution >= 4 is 17.4 Å². The highest BCUT2D eigenvalue weighted by Gasteiger charge is 2.30. The van der Waals surface area contributed by atoms with Gasteiger partial charge in [0.25, 0.3) is 0 Å². The number of halogens is 1. The van der Waals surface area contributed by atoms with E-state index >= 15 is 0 Å². The molecule has 0 radical (unpaired) electrons. The number of fused-ring (bicyclic) bond motifs is 1. The number of nitrogens with zero attached hydrogens (tertiary/aromatic N) is 2. The van der Waals surface area contributed by atoms with E-state index in [0.29, 0.717) is 60.9 Å². The van der Waals surface area contributed by atoms with Gasteiger partial charge in [-0.25, -0.2) is 14.2 Å². The second kappa shape index (κ2) is 9.03. The van der Waals surface area contributed by atoms with E-state index < -0.39 is 5.82 Å². The number of hydrogen-bond acceptors (Lipinski definition) is 6. The van der Waals surface area contributed by atoms with E-state index in [1.165, 1.54) is 12.1 Å². The average molecular weight is 479 g/mol. The summed E-state index contributed by atoms with van der Waals surface area (Å²) in [6, 6.07) is 7.80. The SMILES string of the molecule is CCc1cc(O)c(F)cc1-c1ccc(C(=N)c2nc3c([nH]2)CN(C(=O)NC2CCOC2)C3)c(N)c1. The van der Waals surface area contributed by atoms with E-state index in [0.717, 1.165) is 23.4 Å². The topological polar surface area (TPSA) is 140 Å². The Hall–Kier alpha value is -3.92. The van der Waals surface area contributed by atoms with Crippen LogP contribution in [0.2, 0.25) is 0 Å². The van der Waals surface area contributed by atoms with Crippen LogP contribution < -0.4 is 11.1 Å². The number of nitrogens with two attached hydrogens (primary N) is 1. The molecule has 3 heterocycles. The molecule has 1 fully saturated rings. The van der Waals surface area contributed by atoms with Gasteiger partial charge in [0.1, 0.15) is 5.71 Å². The van der Waals surface area contributed by atoms with Crippen LogP contribution in [0.25, 0.3) is 11.1 Å². The van der Waals surface area contributed by atoms with Crippen molar-refractivity contribution in [2.45, 2.75) is 38.9 Å². The first-order valence-corrected chi connectivity index (χ1v) is 11.6. The number of H-pyrrole nitrogens is 1. The minimum absolute atomic E-state index is 0.0376. The molecule has 2 aromatic carbocycles. The summed E-state index contributed by atoms with van der Waals surface area (Å²) < 4.78 is 19.3. The predicted molar refractivity (Wildman–Crippen MR) is 129 cm³/mol. The van der Waals surface area contributed by atoms with E-state index in [-0.39, 0.29) is 23.5 Å². The second-order valence-corrected chi connectivity index (χ2v) is 8.87. The fourth-order valence-electron chi connectivity index (χ4n) is 4.56. The van der Waals surface area contributed by atoms with Crippen molar-refractivity contribution in [2.24, 2.45) is 0 Å². The third kappa shape index (κ3) is 4.32. The first-order valence-electron chi connectivity index (χ1n) is 11.6. The zero-order valence-electron chi connectivity index (χ0n) is 19.3. The number of amides is 2. The van der Waals surface area contributed by atoms with Crippen molar-refractivity contribution in [3.05, 3.63) is 64.5 Å². The number of aromatic amines is 1. The molecule has 0 aliphatic carbocycles. The number of benzene rings is 2. The third-order valence-electron chi connectivity index (χ3n) is 6.52. The predicted octanol–water partition coefficient (Wildman–Crippen LogP) is 3.30. The Morgan fingerprint density at radius 1 is 1.37 bits per heavy atom. The number of carbonyl (C=O) groups excluding carboxylic acids is 1. The second-order valence-electron chi connectivity index (χ2n) is 8.87. The van der Waals surface area contributed by atoms with Gasteiger partial charge in [-0.05, 0) is 47.7 Å². The number of rotatable bonds is 5. The molecule has 2 aliphatic heterocycles. The number of carbonyl (C=O) groups is 1. The molecule has 0 spiro atoms. The molecule has 0 bridgehead atoms. The van der Waals surface area contributed by atoms with Crippen LogP contribution in [0.3, 0.4) is 0 Å². The maximum atomic E-state index is 14.0. The molecule has 35 heavy (non-hydrogen) atoms. The Morgan fingerprint density at radius 2 is 2.20 bits per heavy atom. The van der Waals surface area contributed by atoms with Gasteiger partial charge in [-0.2, -0.15) is 0 Å². The summed E-state index contributed by atoms with van der Waals surface area (Å²) >= 11 is 0. The van der Waals surface area contributed by atoms with E-state index in [2.05, 4.69) is 15.3 Å². The molecule has 182 valence electrons. The highest BCUT2D eigenvalue weighted by atomic mass is 19.1. The average Bonchev–Trinajstić information content (AvgIpc) is 3.57. The summed E-state index contributed by atoms with van der Waals surface area (Å²) in [4.78, 5) is 21.9. The Labute approximate surface area is 201 Å². The van der Waals surface area contributed by atoms with Crippen LogP contribution in [0.15, 0.2) is 30.3 Å². The Balaban J connectivity index is 1.32. The number of nitrogen functional groups attached to an aromatic ring is 1. The molecule has 0 saturated carbocycles. The number of urea groups is 1. The maximum Gasteiger partial charge on any atom is 0.318 e. The molecule has 5 rings (SSSR count). The van der Waals surface area contributed by atoms with Crippen LogP contribution in [-0.2, 0) is 24.2 Å². The smallest absolute Gasteiger partial charge is 0.318 e. The number of nitrogens with one attached hydrogen (secondary N) is 3. The lowest BCUT2D eigenvalue weighted by Crippen LogP contribution is -2.43. The molecule has 1 aromatic heterocycles. The molecular weight excluding hydrogens is 451 g/mol. The summed E-state index contributed by atoms with van der Waals surface area (Å²) in [5.74, 6) is -0.702. The van der Waals surface area contributed by atoms with Gasteiger partial charge in [-0.15, -0.1) is 0 Å². The number of anilines is 1. The lowest BCUT2D eigenvalue weighted by atomic mass is 9.95. The van der Waals surface area contributed by atoms with Gasteiger partial charge in [0.15, 0.2) is 17.4 Å². The molecule has 2 amide bonds. The van der Waals surface area contributed by atoms with Crippen molar-refractivity contribution in [3.63, 3.8) is 0 Å². The molecular formula is C25H27FN6O3. The standard InChI is InChI=1S/C25H27FN6O3/c1-2-13-8-22(33)18(26)9-17(13)14-3-4-16(19(27)7-14)23(28)24-30-20-10-32(11-21(20)31-24)25(34)29-15-5-6-35-12-15/h3-4,7-9,15,28,33H,2,5-6,10-12,27H2,1H3,(H,29,34)(H,30,31). The minimum Gasteiger partial charge on any atom is -0.505 e. The van der Waals surface area contributed by atoms with Crippen molar-refractivity contribution in [2.75, 3.05) is 18.9 Å². The Bertz CT molecular complexity index is 1290. The number of aryl methyl sites for hydroxylation is 1. The summed E-state index contributed by atoms with van der Waals surface area (Å²) in [6.45, 7) is 3.86. The van der Waals surface area contributed by atoms with Gasteiger partial charge < -0.3 is 30.8 Å². The molecule has 1 saturated heterocycles. The molecule has 2 aliphatic rings. The summed E-state index contributed by atoms with van der Waals surface area (Å²) in [5.41, 5.74) is 10.9. The Morgan fingerprint density at radius 3 is 2.89 bits per heavy atom. The number of ether oxygens (including phenoxy) is 1. The number of hydrogen-bond donors (Lipinski definition) is 5. The molecule has 10 heteroatoms. The Kier molecular flexibility index (Phi) is 5.89. The van der Waals surface area contributed by atoms with Gasteiger partial charge in [0.05, 0.1) is 37.1 Å². The van der Waals surface area contributed by atoms with E-state index in [1.807, 2.05) is 6.92 Å². The van der Waals surface area contributed by atoms with Crippen molar-refractivity contribution in [1.82, 2.24) is 20.2 Å². The number of imidazole rings is 1. The number of aromatic nitrogens is 2. The molecule has 1 atom stereocenters. The summed E-state index contributed by atoms with van der Waals surface area (Å²) in [5, 5.41) is 21.3. The van der Waals surface area contributed by atoms with Crippen molar-refractivity contribution in [3.8, 4) is 16.9 Å². The van der Waals surface area contributed by atoms with Gasteiger partial charge in [0, 0.05) is 17.9 Å². The highest BCUT2D eigenvalue weighted by molar-refractivity contribution is 6.12. The fraction of sp³-hybridized carbons (Fsp3) is 0.320. The van der Waals surface area contributed by atoms with E-state index in [1.54, 1.807) is 23.1 Å². The number of phenolic OH excluding ortho intramolecular Hbond substituents is 1. The molecule has 6 N–H and O–H groups in total. The normalized spacial score (nSPS) is 17.0. The number of phenols is 1. The summed E-state index contributed by atoms with van der Waals surface area (Å²) in [7, 11) is 0. The largest absolute Gasteiger partial charge is 0.505 e. The van der Waals surface area contributed by atoms with Crippen LogP contribution in [0.1, 0.15) is 41.7 Å². The summed E-state index contributed by atoms with van der Waals surface area (Å²) in [6.07, 6.45) is 1.42. The van der Waals surface area contributed by atoms with Gasteiger partial charge in [-0.1, -0.05) is 19.1 Å². The maximum absolute atomic E-state index is 14.0. The van der Waals surface area contributed by atoms with Gasteiger partial charge in [0.2, 0.25) is 0 Å². The fourth-order valence-corrected chi connectivity index (χ4v) is 4.56. The van der Waals surface area contributed by atoms with Crippen molar-refractivity contribution in [1.29, 1.82) is 5.41 Å². The monoisotopic (exact) mass is 478 g/mol. The zero-order chi connectivity index (χ0) is 24.7. The number of aromatic hydroxyl groups is 1. The molecule has 1 unspecified atom stereocenters. The first kappa shape index (κ1) is 22.9. The molecule has 3 aromatic rings. The lowest BCUT2D eigenvalue weighted by molar-refractivity contribution is 0.177. The third-order valence-corrected chi connectivity index (χ3v) is 6.52. The lowest BCUT2D eigenvalue weighted by Gasteiger charge is -2.19. The van der Waals surface area contributed by atoms with Crippen LogP contribution in [0, 0.1) is 11.2 Å². The van der Waals surface area contributed by atoms with Crippen LogP contribution in [-0.4, -0.2) is 51.0 Å². The van der Waals surface area contributed by atoms with Crippen LogP contribution in [0.5, 0.6) is 5.75 Å². The van der Waals surface area contributed by atoms with E-state index in [9.17, 15) is 14.3 Å². The molecule has 9 nitrogen and oxygen atoms in total. The minimum atomic E-state index is -0.697. The van der Waals surface area contributed by atoms with Gasteiger partial charge in [-0.3, -0.25) is 5.41 Å². The quantitative estimate of drug-likeness (QED) is 0.283. The van der Waals surface area contributed by atoms with Crippen LogP contribution >= 0.6 is 0 Å².